The molecule has 2 aliphatic carbocycles. The Morgan fingerprint density at radius 3 is 2.72 bits per heavy atom. The summed E-state index contributed by atoms with van der Waals surface area (Å²) in [5.74, 6) is 0.672. The molecule has 2 rings (SSSR count). The number of fused-ring (bicyclic) bond motifs is 1. The van der Waals surface area contributed by atoms with E-state index in [1.54, 1.807) is 0 Å². The molecule has 3 nitrogen and oxygen atoms in total. The number of thiol groups is 1. The largest absolute Gasteiger partial charge is 0.385 e. The van der Waals surface area contributed by atoms with Crippen LogP contribution in [0.25, 0.3) is 0 Å². The van der Waals surface area contributed by atoms with Gasteiger partial charge in [0, 0.05) is 16.5 Å². The molecule has 100 valence electrons. The van der Waals surface area contributed by atoms with E-state index in [4.69, 9.17) is 18.2 Å². The van der Waals surface area contributed by atoms with Crippen molar-refractivity contribution in [3.05, 3.63) is 11.4 Å². The van der Waals surface area contributed by atoms with E-state index in [1.807, 2.05) is 0 Å². The lowest BCUT2D eigenvalue weighted by atomic mass is 9.74. The second-order valence-electron chi connectivity index (χ2n) is 6.49. The zero-order valence-corrected chi connectivity index (χ0v) is 12.8. The van der Waals surface area contributed by atoms with Gasteiger partial charge in [-0.1, -0.05) is 6.92 Å². The van der Waals surface area contributed by atoms with Crippen LogP contribution in [-0.2, 0) is 0 Å². The standard InChI is InChI=1S/C13H24BN3S/c1-8(2)16-9-6-7-13(14)11(12(13,3)18)5-4-10(9)17-15/h8,11,15-16,18H,4-7,14H2,1-3H3/b10-9-,17-15?. The smallest absolute Gasteiger partial charge is 0.111 e. The fourth-order valence-electron chi connectivity index (χ4n) is 3.58. The molecule has 0 aromatic carbocycles. The van der Waals surface area contributed by atoms with Gasteiger partial charge in [-0.2, -0.15) is 17.7 Å². The number of hydrogen-bond donors (Lipinski definition) is 3. The number of allylic oxidation sites excluding steroid dienone is 2. The van der Waals surface area contributed by atoms with Crippen molar-refractivity contribution in [1.82, 2.24) is 5.32 Å². The fourth-order valence-corrected chi connectivity index (χ4v) is 4.20. The first-order valence-electron chi connectivity index (χ1n) is 6.91. The first-order chi connectivity index (χ1) is 8.33. The van der Waals surface area contributed by atoms with E-state index < -0.39 is 0 Å². The zero-order valence-electron chi connectivity index (χ0n) is 11.9. The zero-order chi connectivity index (χ0) is 13.6. The number of nitrogens with one attached hydrogen (secondary N) is 2. The average molecular weight is 265 g/mol. The summed E-state index contributed by atoms with van der Waals surface area (Å²) >= 11 is 4.85. The Bertz CT molecular complexity index is 392. The second kappa shape index (κ2) is 4.59. The minimum absolute atomic E-state index is 0.160. The summed E-state index contributed by atoms with van der Waals surface area (Å²) in [6, 6.07) is 0.404. The van der Waals surface area contributed by atoms with Crippen molar-refractivity contribution in [1.29, 1.82) is 5.53 Å². The topological polar surface area (TPSA) is 48.2 Å². The number of hydrogen-bond acceptors (Lipinski definition) is 4. The highest BCUT2D eigenvalue weighted by atomic mass is 32.1. The first-order valence-corrected chi connectivity index (χ1v) is 7.36. The van der Waals surface area contributed by atoms with E-state index in [0.29, 0.717) is 17.3 Å². The monoisotopic (exact) mass is 265 g/mol. The van der Waals surface area contributed by atoms with Gasteiger partial charge in [-0.15, -0.1) is 0 Å². The maximum atomic E-state index is 7.38. The average Bonchev–Trinajstić information content (AvgIpc) is 2.67. The summed E-state index contributed by atoms with van der Waals surface area (Å²) in [4.78, 5) is 0. The van der Waals surface area contributed by atoms with Gasteiger partial charge in [-0.05, 0) is 50.8 Å². The molecule has 0 saturated heterocycles. The van der Waals surface area contributed by atoms with Crippen LogP contribution in [0, 0.1) is 11.4 Å². The van der Waals surface area contributed by atoms with Crippen molar-refractivity contribution < 1.29 is 0 Å². The Morgan fingerprint density at radius 1 is 1.50 bits per heavy atom. The molecule has 0 spiro atoms. The Morgan fingerprint density at radius 2 is 2.17 bits per heavy atom. The maximum Gasteiger partial charge on any atom is 0.111 e. The Balaban J connectivity index is 2.18. The molecule has 1 fully saturated rings. The summed E-state index contributed by atoms with van der Waals surface area (Å²) in [5.41, 5.74) is 9.50. The second-order valence-corrected chi connectivity index (χ2v) is 7.42. The van der Waals surface area contributed by atoms with Crippen LogP contribution in [-0.4, -0.2) is 18.6 Å². The Kier molecular flexibility index (Phi) is 3.56. The van der Waals surface area contributed by atoms with Crippen LogP contribution in [0.15, 0.2) is 16.5 Å². The van der Waals surface area contributed by atoms with Crippen molar-refractivity contribution in [3.8, 4) is 0 Å². The van der Waals surface area contributed by atoms with Crippen LogP contribution in [0.2, 0.25) is 5.31 Å². The first kappa shape index (κ1) is 14.0. The van der Waals surface area contributed by atoms with Gasteiger partial charge in [0.2, 0.25) is 0 Å². The molecule has 0 aromatic heterocycles. The molecule has 3 unspecified atom stereocenters. The molecule has 0 aliphatic heterocycles. The summed E-state index contributed by atoms with van der Waals surface area (Å²) in [7, 11) is 2.36. The molecule has 18 heavy (non-hydrogen) atoms. The molecule has 3 atom stereocenters. The third kappa shape index (κ3) is 2.11. The maximum absolute atomic E-state index is 7.38. The van der Waals surface area contributed by atoms with Gasteiger partial charge >= 0.3 is 0 Å². The normalized spacial score (nSPS) is 43.9. The van der Waals surface area contributed by atoms with Crippen molar-refractivity contribution in [2.45, 2.75) is 62.6 Å². The van der Waals surface area contributed by atoms with Crippen LogP contribution < -0.4 is 5.32 Å². The predicted octanol–water partition coefficient (Wildman–Crippen LogP) is 2.91. The van der Waals surface area contributed by atoms with Crippen LogP contribution in [0.3, 0.4) is 0 Å². The van der Waals surface area contributed by atoms with Crippen LogP contribution in [0.4, 0.5) is 0 Å². The molecule has 2 aliphatic rings. The minimum atomic E-state index is 0.160. The van der Waals surface area contributed by atoms with E-state index in [-0.39, 0.29) is 4.75 Å². The van der Waals surface area contributed by atoms with Crippen molar-refractivity contribution in [2.75, 3.05) is 0 Å². The van der Waals surface area contributed by atoms with Crippen LogP contribution in [0.1, 0.15) is 46.5 Å². The molecule has 0 amide bonds. The molecule has 2 N–H and O–H groups in total. The third-order valence-electron chi connectivity index (χ3n) is 5.03. The van der Waals surface area contributed by atoms with Crippen molar-refractivity contribution >= 4 is 20.5 Å². The molecule has 1 saturated carbocycles. The molecule has 0 radical (unpaired) electrons. The van der Waals surface area contributed by atoms with Gasteiger partial charge in [-0.25, -0.2) is 5.53 Å². The highest BCUT2D eigenvalue weighted by Gasteiger charge is 2.67. The van der Waals surface area contributed by atoms with Gasteiger partial charge in [0.1, 0.15) is 7.85 Å². The van der Waals surface area contributed by atoms with Crippen molar-refractivity contribution in [2.24, 2.45) is 11.0 Å². The lowest BCUT2D eigenvalue weighted by Crippen LogP contribution is -2.24. The molecule has 0 bridgehead atoms. The van der Waals surface area contributed by atoms with E-state index in [2.05, 4.69) is 39.0 Å². The Labute approximate surface area is 117 Å². The number of nitrogens with zero attached hydrogens (tertiary/aromatic N) is 1. The minimum Gasteiger partial charge on any atom is -0.385 e. The predicted molar refractivity (Wildman–Crippen MR) is 81.0 cm³/mol. The van der Waals surface area contributed by atoms with Gasteiger partial charge in [0.15, 0.2) is 0 Å². The van der Waals surface area contributed by atoms with E-state index in [1.165, 1.54) is 5.70 Å². The van der Waals surface area contributed by atoms with E-state index in [9.17, 15) is 0 Å². The molecule has 0 heterocycles. The Hall–Kier alpha value is -0.445. The van der Waals surface area contributed by atoms with E-state index >= 15 is 0 Å². The quantitative estimate of drug-likeness (QED) is 0.410. The fraction of sp³-hybridized carbons (Fsp3) is 0.846. The van der Waals surface area contributed by atoms with E-state index in [0.717, 1.165) is 31.4 Å². The summed E-state index contributed by atoms with van der Waals surface area (Å²) in [5, 5.41) is 7.58. The molecule has 0 aromatic rings. The van der Waals surface area contributed by atoms with Gasteiger partial charge in [-0.3, -0.25) is 0 Å². The van der Waals surface area contributed by atoms with Gasteiger partial charge in [0.05, 0.1) is 5.70 Å². The lowest BCUT2D eigenvalue weighted by Gasteiger charge is -2.22. The highest BCUT2D eigenvalue weighted by molar-refractivity contribution is 7.82. The SMILES string of the molecule is BC12CC/C(NC(C)C)=C(/N=N)CCC1C2(C)S. The summed E-state index contributed by atoms with van der Waals surface area (Å²) in [6.45, 7) is 6.54. The van der Waals surface area contributed by atoms with Crippen LogP contribution >= 0.6 is 12.6 Å². The molecule has 5 heteroatoms. The van der Waals surface area contributed by atoms with Gasteiger partial charge < -0.3 is 5.32 Å². The highest BCUT2D eigenvalue weighted by Crippen LogP contribution is 2.74. The summed E-state index contributed by atoms with van der Waals surface area (Å²) in [6.07, 6.45) is 4.16. The molecular formula is C13H24BN3S. The lowest BCUT2D eigenvalue weighted by molar-refractivity contribution is 0.545. The van der Waals surface area contributed by atoms with Crippen LogP contribution in [0.5, 0.6) is 0 Å². The van der Waals surface area contributed by atoms with Crippen molar-refractivity contribution in [3.63, 3.8) is 0 Å². The third-order valence-corrected chi connectivity index (χ3v) is 5.85. The molecular weight excluding hydrogens is 241 g/mol. The van der Waals surface area contributed by atoms with Gasteiger partial charge in [0.25, 0.3) is 0 Å². The summed E-state index contributed by atoms with van der Waals surface area (Å²) < 4.78 is 0.160. The number of rotatable bonds is 3.